The highest BCUT2D eigenvalue weighted by atomic mass is 19.1. The summed E-state index contributed by atoms with van der Waals surface area (Å²) < 4.78 is 14.0. The number of aromatic amines is 1. The molecule has 2 heterocycles. The number of rotatable bonds is 3. The second-order valence-corrected chi connectivity index (χ2v) is 6.27. The maximum atomic E-state index is 14.0. The molecule has 1 fully saturated rings. The zero-order valence-electron chi connectivity index (χ0n) is 12.5. The van der Waals surface area contributed by atoms with Crippen LogP contribution in [0.2, 0.25) is 0 Å². The number of halogens is 1. The van der Waals surface area contributed by atoms with Crippen LogP contribution in [0, 0.1) is 5.82 Å². The number of H-pyrrole nitrogens is 1. The van der Waals surface area contributed by atoms with E-state index in [1.54, 1.807) is 18.3 Å². The fourth-order valence-corrected chi connectivity index (χ4v) is 2.95. The van der Waals surface area contributed by atoms with Gasteiger partial charge in [0.15, 0.2) is 0 Å². The smallest absolute Gasteiger partial charge is 0.132 e. The van der Waals surface area contributed by atoms with E-state index in [0.717, 1.165) is 37.4 Å². The summed E-state index contributed by atoms with van der Waals surface area (Å²) in [5, 5.41) is 10.5. The minimum absolute atomic E-state index is 0.111. The summed E-state index contributed by atoms with van der Waals surface area (Å²) in [7, 11) is 0. The summed E-state index contributed by atoms with van der Waals surface area (Å²) in [5.74, 6) is -0.219. The van der Waals surface area contributed by atoms with E-state index in [4.69, 9.17) is 0 Å². The van der Waals surface area contributed by atoms with Crippen LogP contribution in [-0.2, 0) is 6.54 Å². The highest BCUT2D eigenvalue weighted by Crippen LogP contribution is 2.25. The van der Waals surface area contributed by atoms with Crippen LogP contribution in [0.25, 0.3) is 11.3 Å². The molecule has 1 aliphatic rings. The van der Waals surface area contributed by atoms with E-state index in [9.17, 15) is 4.39 Å². The Labute approximate surface area is 124 Å². The summed E-state index contributed by atoms with van der Waals surface area (Å²) in [6.07, 6.45) is 1.80. The fraction of sp³-hybridized carbons (Fsp3) is 0.438. The van der Waals surface area contributed by atoms with E-state index in [2.05, 4.69) is 34.3 Å². The molecule has 5 heteroatoms. The van der Waals surface area contributed by atoms with Gasteiger partial charge in [0.05, 0.1) is 11.9 Å². The van der Waals surface area contributed by atoms with Crippen LogP contribution in [-0.4, -0.2) is 40.3 Å². The Hall–Kier alpha value is -1.72. The number of hydrogen-bond donors (Lipinski definition) is 2. The van der Waals surface area contributed by atoms with E-state index in [1.165, 1.54) is 6.07 Å². The van der Waals surface area contributed by atoms with Gasteiger partial charge in [-0.2, -0.15) is 5.10 Å². The van der Waals surface area contributed by atoms with Crippen molar-refractivity contribution < 1.29 is 4.39 Å². The molecule has 112 valence electrons. The Bertz CT molecular complexity index is 620. The van der Waals surface area contributed by atoms with Crippen LogP contribution in [0.15, 0.2) is 30.5 Å². The molecular weight excluding hydrogens is 267 g/mol. The molecule has 21 heavy (non-hydrogen) atoms. The van der Waals surface area contributed by atoms with Crippen LogP contribution in [0.3, 0.4) is 0 Å². The van der Waals surface area contributed by atoms with Crippen molar-refractivity contribution in [3.63, 3.8) is 0 Å². The van der Waals surface area contributed by atoms with Crippen molar-refractivity contribution in [2.24, 2.45) is 0 Å². The Morgan fingerprint density at radius 2 is 2.14 bits per heavy atom. The lowest BCUT2D eigenvalue weighted by Gasteiger charge is -2.39. The van der Waals surface area contributed by atoms with Gasteiger partial charge in [0.2, 0.25) is 0 Å². The lowest BCUT2D eigenvalue weighted by Crippen LogP contribution is -2.56. The van der Waals surface area contributed by atoms with Crippen molar-refractivity contribution >= 4 is 0 Å². The summed E-state index contributed by atoms with van der Waals surface area (Å²) in [6.45, 7) is 8.12. The molecule has 1 aromatic carbocycles. The first kappa shape index (κ1) is 14.2. The predicted molar refractivity (Wildman–Crippen MR) is 81.3 cm³/mol. The highest BCUT2D eigenvalue weighted by molar-refractivity contribution is 5.63. The Balaban J connectivity index is 1.82. The number of piperazine rings is 1. The molecule has 0 saturated carbocycles. The Morgan fingerprint density at radius 1 is 1.33 bits per heavy atom. The van der Waals surface area contributed by atoms with Gasteiger partial charge in [-0.05, 0) is 26.0 Å². The van der Waals surface area contributed by atoms with Crippen molar-refractivity contribution in [1.82, 2.24) is 20.4 Å². The van der Waals surface area contributed by atoms with Crippen molar-refractivity contribution in [2.45, 2.75) is 25.9 Å². The molecule has 3 rings (SSSR count). The third-order valence-corrected chi connectivity index (χ3v) is 3.91. The lowest BCUT2D eigenvalue weighted by molar-refractivity contribution is 0.148. The summed E-state index contributed by atoms with van der Waals surface area (Å²) in [4.78, 5) is 2.38. The zero-order chi connectivity index (χ0) is 14.9. The lowest BCUT2D eigenvalue weighted by atomic mass is 10.0. The minimum atomic E-state index is -0.219. The average molecular weight is 288 g/mol. The Kier molecular flexibility index (Phi) is 3.78. The molecule has 0 aliphatic carbocycles. The SMILES string of the molecule is CC1(C)CN(Cc2cn[nH]c2-c2ccccc2F)CCN1. The molecule has 0 radical (unpaired) electrons. The molecule has 0 amide bonds. The van der Waals surface area contributed by atoms with E-state index in [0.29, 0.717) is 5.56 Å². The second-order valence-electron chi connectivity index (χ2n) is 6.27. The van der Waals surface area contributed by atoms with Crippen molar-refractivity contribution in [3.8, 4) is 11.3 Å². The number of nitrogens with zero attached hydrogens (tertiary/aromatic N) is 2. The molecule has 0 bridgehead atoms. The van der Waals surface area contributed by atoms with Gasteiger partial charge in [0, 0.05) is 42.8 Å². The van der Waals surface area contributed by atoms with Gasteiger partial charge in [-0.15, -0.1) is 0 Å². The standard InChI is InChI=1S/C16H21FN4/c1-16(2)11-21(8-7-18-16)10-12-9-19-20-15(12)13-5-3-4-6-14(13)17/h3-6,9,18H,7-8,10-11H2,1-2H3,(H,19,20). The minimum Gasteiger partial charge on any atom is -0.309 e. The van der Waals surface area contributed by atoms with Gasteiger partial charge in [-0.25, -0.2) is 4.39 Å². The molecule has 2 N–H and O–H groups in total. The quantitative estimate of drug-likeness (QED) is 0.911. The normalized spacial score (nSPS) is 18.8. The van der Waals surface area contributed by atoms with Crippen LogP contribution >= 0.6 is 0 Å². The van der Waals surface area contributed by atoms with E-state index in [1.807, 2.05) is 6.07 Å². The third-order valence-electron chi connectivity index (χ3n) is 3.91. The van der Waals surface area contributed by atoms with E-state index in [-0.39, 0.29) is 11.4 Å². The summed E-state index contributed by atoms with van der Waals surface area (Å²) in [6, 6.07) is 6.81. The zero-order valence-corrected chi connectivity index (χ0v) is 12.5. The fourth-order valence-electron chi connectivity index (χ4n) is 2.95. The van der Waals surface area contributed by atoms with Crippen LogP contribution in [0.1, 0.15) is 19.4 Å². The monoisotopic (exact) mass is 288 g/mol. The number of hydrogen-bond acceptors (Lipinski definition) is 3. The van der Waals surface area contributed by atoms with Crippen molar-refractivity contribution in [1.29, 1.82) is 0 Å². The van der Waals surface area contributed by atoms with Gasteiger partial charge in [-0.3, -0.25) is 10.00 Å². The van der Waals surface area contributed by atoms with E-state index < -0.39 is 0 Å². The Morgan fingerprint density at radius 3 is 2.90 bits per heavy atom. The molecular formula is C16H21FN4. The van der Waals surface area contributed by atoms with Crippen molar-refractivity contribution in [3.05, 3.63) is 41.8 Å². The molecule has 0 atom stereocenters. The van der Waals surface area contributed by atoms with Crippen molar-refractivity contribution in [2.75, 3.05) is 19.6 Å². The topological polar surface area (TPSA) is 44.0 Å². The molecule has 2 aromatic rings. The predicted octanol–water partition coefficient (Wildman–Crippen LogP) is 2.40. The summed E-state index contributed by atoms with van der Waals surface area (Å²) in [5.41, 5.74) is 2.52. The summed E-state index contributed by atoms with van der Waals surface area (Å²) >= 11 is 0. The molecule has 0 spiro atoms. The number of aromatic nitrogens is 2. The molecule has 1 saturated heterocycles. The van der Waals surface area contributed by atoms with Gasteiger partial charge in [-0.1, -0.05) is 12.1 Å². The molecule has 1 aromatic heterocycles. The number of nitrogens with one attached hydrogen (secondary N) is 2. The first-order valence-corrected chi connectivity index (χ1v) is 7.30. The highest BCUT2D eigenvalue weighted by Gasteiger charge is 2.26. The maximum absolute atomic E-state index is 14.0. The molecule has 1 aliphatic heterocycles. The van der Waals surface area contributed by atoms with Crippen LogP contribution in [0.4, 0.5) is 4.39 Å². The van der Waals surface area contributed by atoms with E-state index >= 15 is 0 Å². The maximum Gasteiger partial charge on any atom is 0.132 e. The first-order chi connectivity index (χ1) is 10.1. The van der Waals surface area contributed by atoms with Gasteiger partial charge in [0.1, 0.15) is 5.82 Å². The number of benzene rings is 1. The second kappa shape index (κ2) is 5.58. The molecule has 4 nitrogen and oxygen atoms in total. The van der Waals surface area contributed by atoms with Gasteiger partial charge < -0.3 is 5.32 Å². The first-order valence-electron chi connectivity index (χ1n) is 7.30. The molecule has 0 unspecified atom stereocenters. The average Bonchev–Trinajstić information content (AvgIpc) is 2.86. The largest absolute Gasteiger partial charge is 0.309 e. The van der Waals surface area contributed by atoms with Crippen LogP contribution < -0.4 is 5.32 Å². The van der Waals surface area contributed by atoms with Gasteiger partial charge >= 0.3 is 0 Å². The van der Waals surface area contributed by atoms with Gasteiger partial charge in [0.25, 0.3) is 0 Å². The third kappa shape index (κ3) is 3.14. The van der Waals surface area contributed by atoms with Crippen LogP contribution in [0.5, 0.6) is 0 Å².